The molecule has 0 bridgehead atoms. The molecule has 4 rings (SSSR count). The van der Waals surface area contributed by atoms with Crippen LogP contribution in [0.15, 0.2) is 25.4 Å². The number of aromatic nitrogens is 2. The number of fused-ring (bicyclic) bond motifs is 5. The number of nitrogens with zero attached hydrogens (tertiary/aromatic N) is 3. The van der Waals surface area contributed by atoms with E-state index >= 15 is 0 Å². The summed E-state index contributed by atoms with van der Waals surface area (Å²) in [5, 5.41) is 4.20. The largest absolute Gasteiger partial charge is 0.396 e. The third kappa shape index (κ3) is 2.34. The molecule has 4 nitrogen and oxygen atoms in total. The van der Waals surface area contributed by atoms with Gasteiger partial charge in [-0.25, -0.2) is 0 Å². The Morgan fingerprint density at radius 1 is 1.12 bits per heavy atom. The number of hydrogen-bond acceptors (Lipinski definition) is 6. The van der Waals surface area contributed by atoms with Gasteiger partial charge in [-0.15, -0.1) is 0 Å². The summed E-state index contributed by atoms with van der Waals surface area (Å²) in [7, 11) is 0. The van der Waals surface area contributed by atoms with Crippen LogP contribution in [0, 0.1) is 6.92 Å². The molecule has 0 unspecified atom stereocenters. The van der Waals surface area contributed by atoms with Gasteiger partial charge in [-0.05, 0) is 79.2 Å². The second kappa shape index (κ2) is 6.19. The van der Waals surface area contributed by atoms with Crippen LogP contribution < -0.4 is 5.73 Å². The summed E-state index contributed by atoms with van der Waals surface area (Å²) in [4.78, 5) is 0. The maximum atomic E-state index is 6.28. The molecule has 0 saturated carbocycles. The monoisotopic (exact) mass is 494 g/mol. The highest BCUT2D eigenvalue weighted by Gasteiger charge is 2.21. The number of rotatable bonds is 2. The third-order valence-corrected chi connectivity index (χ3v) is 6.63. The lowest BCUT2D eigenvalue weighted by atomic mass is 9.89. The Morgan fingerprint density at radius 2 is 1.80 bits per heavy atom. The molecule has 1 aromatic heterocycles. The van der Waals surface area contributed by atoms with Gasteiger partial charge in [0.25, 0.3) is 0 Å². The van der Waals surface area contributed by atoms with E-state index in [2.05, 4.69) is 70.9 Å². The first-order valence-electron chi connectivity index (χ1n) is 7.60. The lowest BCUT2D eigenvalue weighted by molar-refractivity contribution is 1.14. The molecule has 25 heavy (non-hydrogen) atoms. The predicted octanol–water partition coefficient (Wildman–Crippen LogP) is 6.34. The second-order valence-corrected chi connectivity index (χ2v) is 8.25. The van der Waals surface area contributed by atoms with Gasteiger partial charge in [0.05, 0.1) is 17.4 Å². The number of aryl methyl sites for hydroxylation is 2. The molecule has 0 saturated heterocycles. The van der Waals surface area contributed by atoms with Crippen LogP contribution in [0.2, 0.25) is 0 Å². The van der Waals surface area contributed by atoms with Crippen LogP contribution in [0.4, 0.5) is 11.4 Å². The van der Waals surface area contributed by atoms with Gasteiger partial charge in [-0.1, -0.05) is 6.92 Å². The Hall–Kier alpha value is -1.22. The minimum atomic E-state index is 0.550. The molecule has 1 heterocycles. The molecule has 4 aromatic rings. The summed E-state index contributed by atoms with van der Waals surface area (Å²) < 4.78 is 14.8. The summed E-state index contributed by atoms with van der Waals surface area (Å²) in [6.07, 6.45) is 0.899. The van der Waals surface area contributed by atoms with Crippen LogP contribution >= 0.6 is 43.6 Å². The number of nitrogens with two attached hydrogens (primary N) is 1. The zero-order valence-electron chi connectivity index (χ0n) is 13.4. The Labute approximate surface area is 170 Å². The molecule has 3 aromatic carbocycles. The standard InChI is InChI=1S/C17H12Br2N4S2/c1-3-7-6(2)8-4-11(19)15-17(23-25-22-15)12(8)13-9(7)5-10(18)14(20)16(13)21-24/h4-5H,3,20H2,1-2H3. The lowest BCUT2D eigenvalue weighted by Crippen LogP contribution is -1.97. The molecule has 0 aliphatic heterocycles. The van der Waals surface area contributed by atoms with Crippen molar-refractivity contribution in [1.82, 2.24) is 8.75 Å². The van der Waals surface area contributed by atoms with Crippen molar-refractivity contribution in [1.29, 1.82) is 0 Å². The predicted molar refractivity (Wildman–Crippen MR) is 116 cm³/mol. The summed E-state index contributed by atoms with van der Waals surface area (Å²) in [5.41, 5.74) is 11.6. The zero-order chi connectivity index (χ0) is 17.9. The van der Waals surface area contributed by atoms with Crippen molar-refractivity contribution in [3.63, 3.8) is 0 Å². The van der Waals surface area contributed by atoms with E-state index in [1.165, 1.54) is 22.9 Å². The van der Waals surface area contributed by atoms with Gasteiger partial charge >= 0.3 is 0 Å². The van der Waals surface area contributed by atoms with Crippen molar-refractivity contribution in [3.8, 4) is 0 Å². The van der Waals surface area contributed by atoms with E-state index in [1.807, 2.05) is 0 Å². The molecule has 2 N–H and O–H groups in total. The lowest BCUT2D eigenvalue weighted by Gasteiger charge is -2.17. The fourth-order valence-electron chi connectivity index (χ4n) is 3.51. The van der Waals surface area contributed by atoms with Crippen LogP contribution in [0.1, 0.15) is 18.1 Å². The first-order chi connectivity index (χ1) is 12.0. The van der Waals surface area contributed by atoms with Gasteiger partial charge in [0.2, 0.25) is 0 Å². The van der Waals surface area contributed by atoms with Crippen LogP contribution in [0.3, 0.4) is 0 Å². The summed E-state index contributed by atoms with van der Waals surface area (Å²) in [5.74, 6) is 0. The van der Waals surface area contributed by atoms with Crippen molar-refractivity contribution in [2.45, 2.75) is 20.3 Å². The van der Waals surface area contributed by atoms with E-state index in [9.17, 15) is 0 Å². The van der Waals surface area contributed by atoms with Gasteiger partial charge in [-0.2, -0.15) is 13.1 Å². The fraction of sp³-hybridized carbons (Fsp3) is 0.176. The average molecular weight is 496 g/mol. The Bertz CT molecular complexity index is 1200. The minimum absolute atomic E-state index is 0.550. The first-order valence-corrected chi connectivity index (χ1v) is 10.3. The van der Waals surface area contributed by atoms with Crippen molar-refractivity contribution in [2.75, 3.05) is 5.73 Å². The average Bonchev–Trinajstić information content (AvgIpc) is 3.08. The molecule has 0 amide bonds. The first kappa shape index (κ1) is 17.2. The van der Waals surface area contributed by atoms with Crippen LogP contribution in [0.25, 0.3) is 32.6 Å². The van der Waals surface area contributed by atoms with E-state index in [0.29, 0.717) is 11.4 Å². The van der Waals surface area contributed by atoms with Gasteiger partial charge in [0.1, 0.15) is 16.7 Å². The van der Waals surface area contributed by atoms with E-state index < -0.39 is 0 Å². The van der Waals surface area contributed by atoms with Crippen LogP contribution in [-0.2, 0) is 18.8 Å². The van der Waals surface area contributed by atoms with E-state index in [1.54, 1.807) is 0 Å². The van der Waals surface area contributed by atoms with Gasteiger partial charge in [0.15, 0.2) is 0 Å². The number of benzene rings is 3. The molecular formula is C17H12Br2N4S2. The maximum Gasteiger partial charge on any atom is 0.119 e. The third-order valence-electron chi connectivity index (χ3n) is 4.66. The molecule has 8 heteroatoms. The van der Waals surface area contributed by atoms with Gasteiger partial charge in [-0.3, -0.25) is 0 Å². The Morgan fingerprint density at radius 3 is 2.48 bits per heavy atom. The highest BCUT2D eigenvalue weighted by Crippen LogP contribution is 2.47. The number of halogens is 2. The van der Waals surface area contributed by atoms with Gasteiger partial charge in [0, 0.05) is 32.1 Å². The Kier molecular flexibility index (Phi) is 4.26. The molecule has 0 aliphatic rings. The SMILES string of the molecule is CCc1c(C)c2cc(Br)c3nsnc3c2c2c(N=S)c(N)c(Br)cc12. The highest BCUT2D eigenvalue weighted by molar-refractivity contribution is 9.11. The van der Waals surface area contributed by atoms with Gasteiger partial charge < -0.3 is 5.73 Å². The molecule has 0 aliphatic carbocycles. The van der Waals surface area contributed by atoms with Crippen molar-refractivity contribution < 1.29 is 0 Å². The smallest absolute Gasteiger partial charge is 0.119 e. The molecule has 0 spiro atoms. The van der Waals surface area contributed by atoms with E-state index in [-0.39, 0.29) is 0 Å². The molecular weight excluding hydrogens is 484 g/mol. The van der Waals surface area contributed by atoms with E-state index in [0.717, 1.165) is 47.9 Å². The summed E-state index contributed by atoms with van der Waals surface area (Å²) >= 11 is 13.5. The Balaban J connectivity index is 2.47. The molecule has 0 radical (unpaired) electrons. The molecule has 0 atom stereocenters. The normalized spacial score (nSPS) is 11.7. The summed E-state index contributed by atoms with van der Waals surface area (Å²) in [6.45, 7) is 4.30. The minimum Gasteiger partial charge on any atom is -0.396 e. The second-order valence-electron chi connectivity index (χ2n) is 5.83. The number of hydrogen-bond donors (Lipinski definition) is 1. The number of nitrogen functional groups attached to an aromatic ring is 1. The van der Waals surface area contributed by atoms with Crippen molar-refractivity contribution >= 4 is 100.0 Å². The molecule has 126 valence electrons. The summed E-state index contributed by atoms with van der Waals surface area (Å²) in [6, 6.07) is 4.17. The van der Waals surface area contributed by atoms with Crippen molar-refractivity contribution in [3.05, 3.63) is 32.2 Å². The topological polar surface area (TPSA) is 64.2 Å². The van der Waals surface area contributed by atoms with Crippen LogP contribution in [0.5, 0.6) is 0 Å². The maximum absolute atomic E-state index is 6.28. The quantitative estimate of drug-likeness (QED) is 0.260. The fourth-order valence-corrected chi connectivity index (χ4v) is 5.31. The zero-order valence-corrected chi connectivity index (χ0v) is 18.2. The van der Waals surface area contributed by atoms with Crippen LogP contribution in [-0.4, -0.2) is 8.75 Å². The molecule has 0 fully saturated rings. The van der Waals surface area contributed by atoms with E-state index in [4.69, 9.17) is 18.2 Å². The van der Waals surface area contributed by atoms with Crippen molar-refractivity contribution in [2.24, 2.45) is 4.36 Å². The highest BCUT2D eigenvalue weighted by atomic mass is 79.9. The number of anilines is 1.